The lowest BCUT2D eigenvalue weighted by molar-refractivity contribution is 0.670. The number of rotatable bonds is 6. The summed E-state index contributed by atoms with van der Waals surface area (Å²) in [7, 11) is 0. The lowest BCUT2D eigenvalue weighted by Crippen LogP contribution is -2.26. The second-order valence-electron chi connectivity index (χ2n) is 7.09. The molecular weight excluding hydrogens is 382 g/mol. The molecule has 0 saturated heterocycles. The van der Waals surface area contributed by atoms with E-state index in [9.17, 15) is 4.79 Å². The Balaban J connectivity index is 1.77. The molecule has 146 valence electrons. The summed E-state index contributed by atoms with van der Waals surface area (Å²) in [5.41, 5.74) is 9.66. The smallest absolute Gasteiger partial charge is 0.261 e. The molecule has 1 heterocycles. The molecule has 2 N–H and O–H groups in total. The van der Waals surface area contributed by atoms with Crippen LogP contribution in [0.4, 0.5) is 0 Å². The summed E-state index contributed by atoms with van der Waals surface area (Å²) in [6.07, 6.45) is 1.47. The summed E-state index contributed by atoms with van der Waals surface area (Å²) < 4.78 is 1.77. The average molecular weight is 404 g/mol. The van der Waals surface area contributed by atoms with Gasteiger partial charge in [-0.05, 0) is 41.3 Å². The zero-order valence-corrected chi connectivity index (χ0v) is 16.8. The average Bonchev–Trinajstić information content (AvgIpc) is 2.75. The fraction of sp³-hybridized carbons (Fsp3) is 0.167. The quantitative estimate of drug-likeness (QED) is 0.520. The first kappa shape index (κ1) is 19.4. The fourth-order valence-electron chi connectivity index (χ4n) is 3.53. The molecule has 0 bridgehead atoms. The van der Waals surface area contributed by atoms with Crippen LogP contribution in [0.2, 0.25) is 5.02 Å². The Kier molecular flexibility index (Phi) is 5.74. The first-order valence-corrected chi connectivity index (χ1v) is 10.0. The number of fused-ring (bicyclic) bond motifs is 1. The van der Waals surface area contributed by atoms with Crippen LogP contribution in [0.25, 0.3) is 10.9 Å². The number of halogens is 1. The number of hydrogen-bond donors (Lipinski definition) is 1. The molecule has 0 atom stereocenters. The van der Waals surface area contributed by atoms with Gasteiger partial charge in [0.1, 0.15) is 5.82 Å². The normalized spacial score (nSPS) is 11.1. The first-order valence-electron chi connectivity index (χ1n) is 9.65. The van der Waals surface area contributed by atoms with Crippen molar-refractivity contribution in [1.82, 2.24) is 9.55 Å². The van der Waals surface area contributed by atoms with Crippen LogP contribution in [-0.4, -0.2) is 9.55 Å². The molecule has 3 aromatic carbocycles. The van der Waals surface area contributed by atoms with Crippen LogP contribution in [0, 0.1) is 0 Å². The van der Waals surface area contributed by atoms with E-state index in [4.69, 9.17) is 22.3 Å². The number of aryl methyl sites for hydroxylation is 2. The van der Waals surface area contributed by atoms with Gasteiger partial charge in [-0.3, -0.25) is 9.36 Å². The van der Waals surface area contributed by atoms with Crippen molar-refractivity contribution in [2.75, 3.05) is 0 Å². The maximum absolute atomic E-state index is 13.3. The third kappa shape index (κ3) is 4.39. The Bertz CT molecular complexity index is 1200. The number of benzene rings is 3. The molecule has 0 aliphatic rings. The number of hydrogen-bond acceptors (Lipinski definition) is 3. The molecule has 0 spiro atoms. The van der Waals surface area contributed by atoms with E-state index in [1.54, 1.807) is 22.8 Å². The largest absolute Gasteiger partial charge is 0.326 e. The van der Waals surface area contributed by atoms with Gasteiger partial charge in [0.05, 0.1) is 17.4 Å². The van der Waals surface area contributed by atoms with E-state index in [0.29, 0.717) is 35.4 Å². The second kappa shape index (κ2) is 8.60. The second-order valence-corrected chi connectivity index (χ2v) is 7.53. The minimum atomic E-state index is -0.0483. The van der Waals surface area contributed by atoms with Crippen LogP contribution in [0.5, 0.6) is 0 Å². The minimum Gasteiger partial charge on any atom is -0.326 e. The van der Waals surface area contributed by atoms with Gasteiger partial charge in [0.15, 0.2) is 0 Å². The summed E-state index contributed by atoms with van der Waals surface area (Å²) in [6, 6.07) is 23.5. The Hall–Kier alpha value is -2.95. The van der Waals surface area contributed by atoms with Crippen molar-refractivity contribution in [2.45, 2.75) is 25.9 Å². The summed E-state index contributed by atoms with van der Waals surface area (Å²) in [4.78, 5) is 18.1. The van der Waals surface area contributed by atoms with E-state index in [1.807, 2.05) is 42.5 Å². The number of nitrogens with two attached hydrogens (primary N) is 1. The Labute approximate surface area is 174 Å². The Morgan fingerprint density at radius 3 is 2.41 bits per heavy atom. The molecule has 0 unspecified atom stereocenters. The molecule has 0 aliphatic carbocycles. The van der Waals surface area contributed by atoms with Gasteiger partial charge in [-0.1, -0.05) is 66.2 Å². The highest BCUT2D eigenvalue weighted by molar-refractivity contribution is 6.31. The Morgan fingerprint density at radius 1 is 0.862 bits per heavy atom. The predicted octanol–water partition coefficient (Wildman–Crippen LogP) is 4.34. The van der Waals surface area contributed by atoms with E-state index < -0.39 is 0 Å². The maximum atomic E-state index is 13.3. The van der Waals surface area contributed by atoms with Crippen molar-refractivity contribution in [3.63, 3.8) is 0 Å². The predicted molar refractivity (Wildman–Crippen MR) is 118 cm³/mol. The lowest BCUT2D eigenvalue weighted by Gasteiger charge is -2.14. The topological polar surface area (TPSA) is 60.9 Å². The highest BCUT2D eigenvalue weighted by Crippen LogP contribution is 2.17. The van der Waals surface area contributed by atoms with E-state index in [1.165, 1.54) is 5.56 Å². The van der Waals surface area contributed by atoms with Crippen molar-refractivity contribution in [3.8, 4) is 0 Å². The van der Waals surface area contributed by atoms with Crippen LogP contribution < -0.4 is 11.3 Å². The summed E-state index contributed by atoms with van der Waals surface area (Å²) in [6.45, 7) is 0.931. The van der Waals surface area contributed by atoms with Crippen molar-refractivity contribution in [1.29, 1.82) is 0 Å². The molecule has 5 heteroatoms. The van der Waals surface area contributed by atoms with E-state index in [2.05, 4.69) is 12.1 Å². The monoisotopic (exact) mass is 403 g/mol. The highest BCUT2D eigenvalue weighted by atomic mass is 35.5. The SMILES string of the molecule is NCc1cccc(Cn2c(CCc3ccccc3)nc3cc(Cl)ccc3c2=O)c1. The van der Waals surface area contributed by atoms with Gasteiger partial charge in [0.2, 0.25) is 0 Å². The summed E-state index contributed by atoms with van der Waals surface area (Å²) in [5.74, 6) is 0.756. The molecule has 4 nitrogen and oxygen atoms in total. The number of nitrogens with zero attached hydrogens (tertiary/aromatic N) is 2. The molecule has 29 heavy (non-hydrogen) atoms. The zero-order chi connectivity index (χ0) is 20.2. The first-order chi connectivity index (χ1) is 14.1. The van der Waals surface area contributed by atoms with Crippen LogP contribution in [0.15, 0.2) is 77.6 Å². The third-order valence-corrected chi connectivity index (χ3v) is 5.28. The lowest BCUT2D eigenvalue weighted by atomic mass is 10.1. The Morgan fingerprint density at radius 2 is 1.62 bits per heavy atom. The molecule has 0 saturated carbocycles. The van der Waals surface area contributed by atoms with Crippen LogP contribution in [-0.2, 0) is 25.9 Å². The summed E-state index contributed by atoms with van der Waals surface area (Å²) >= 11 is 6.14. The van der Waals surface area contributed by atoms with E-state index >= 15 is 0 Å². The maximum Gasteiger partial charge on any atom is 0.261 e. The molecule has 0 fully saturated rings. The van der Waals surface area contributed by atoms with Gasteiger partial charge in [-0.15, -0.1) is 0 Å². The van der Waals surface area contributed by atoms with Gasteiger partial charge < -0.3 is 5.73 Å². The van der Waals surface area contributed by atoms with Crippen LogP contribution >= 0.6 is 11.6 Å². The third-order valence-electron chi connectivity index (χ3n) is 5.04. The van der Waals surface area contributed by atoms with Gasteiger partial charge in [0.25, 0.3) is 5.56 Å². The van der Waals surface area contributed by atoms with E-state index in [-0.39, 0.29) is 5.56 Å². The van der Waals surface area contributed by atoms with E-state index in [0.717, 1.165) is 23.4 Å². The zero-order valence-electron chi connectivity index (χ0n) is 16.0. The molecule has 4 aromatic rings. The van der Waals surface area contributed by atoms with Gasteiger partial charge in [-0.2, -0.15) is 0 Å². The fourth-order valence-corrected chi connectivity index (χ4v) is 3.70. The van der Waals surface area contributed by atoms with Crippen molar-refractivity contribution < 1.29 is 0 Å². The minimum absolute atomic E-state index is 0.0483. The van der Waals surface area contributed by atoms with Gasteiger partial charge in [-0.25, -0.2) is 4.98 Å². The molecule has 4 rings (SSSR count). The van der Waals surface area contributed by atoms with Gasteiger partial charge >= 0.3 is 0 Å². The van der Waals surface area contributed by atoms with Crippen molar-refractivity contribution in [2.24, 2.45) is 5.73 Å². The van der Waals surface area contributed by atoms with Crippen LogP contribution in [0.1, 0.15) is 22.5 Å². The highest BCUT2D eigenvalue weighted by Gasteiger charge is 2.12. The number of aromatic nitrogens is 2. The van der Waals surface area contributed by atoms with Gasteiger partial charge in [0, 0.05) is 18.0 Å². The van der Waals surface area contributed by atoms with Crippen LogP contribution in [0.3, 0.4) is 0 Å². The molecule has 1 aromatic heterocycles. The molecular formula is C24H22ClN3O. The molecule has 0 radical (unpaired) electrons. The van der Waals surface area contributed by atoms with Crippen molar-refractivity contribution in [3.05, 3.63) is 111 Å². The molecule has 0 aliphatic heterocycles. The summed E-state index contributed by atoms with van der Waals surface area (Å²) in [5, 5.41) is 1.15. The molecule has 0 amide bonds. The standard InChI is InChI=1S/C24H22ClN3O/c25-20-10-11-21-22(14-20)27-23(12-9-17-5-2-1-3-6-17)28(24(21)29)16-19-8-4-7-18(13-19)15-26/h1-8,10-11,13-14H,9,12,15-16,26H2. The van der Waals surface area contributed by atoms with Crippen molar-refractivity contribution >= 4 is 22.5 Å².